The molecule has 0 radical (unpaired) electrons. The molecule has 1 fully saturated rings. The van der Waals surface area contributed by atoms with Gasteiger partial charge < -0.3 is 24.7 Å². The fraction of sp³-hybridized carbons (Fsp3) is 0.667. The standard InChI is InChI=1S/C21H35N7O2S/c1-4-29-11-6-8-22-21(24-16-20-26-25-17(2)27(20)3)23-15-18(19-7-5-14-31-19)28-9-12-30-13-10-28/h5,7,14,18H,4,6,8-13,15-16H2,1-3H3,(H2,22,23,24). The molecule has 2 aromatic heterocycles. The number of thiophene rings is 1. The zero-order chi connectivity index (χ0) is 21.9. The first-order valence-corrected chi connectivity index (χ1v) is 11.9. The molecule has 1 aliphatic rings. The molecule has 172 valence electrons. The Hall–Kier alpha value is -2.01. The number of aromatic nitrogens is 3. The van der Waals surface area contributed by atoms with Crippen LogP contribution in [0.5, 0.6) is 0 Å². The van der Waals surface area contributed by atoms with Crippen molar-refractivity contribution in [2.45, 2.75) is 32.9 Å². The van der Waals surface area contributed by atoms with E-state index in [0.717, 1.165) is 76.6 Å². The highest BCUT2D eigenvalue weighted by Crippen LogP contribution is 2.25. The van der Waals surface area contributed by atoms with E-state index in [1.165, 1.54) is 4.88 Å². The first-order valence-electron chi connectivity index (χ1n) is 11.0. The Kier molecular flexibility index (Phi) is 9.73. The number of guanidine groups is 1. The molecule has 0 spiro atoms. The zero-order valence-corrected chi connectivity index (χ0v) is 19.7. The smallest absolute Gasteiger partial charge is 0.191 e. The van der Waals surface area contributed by atoms with Crippen LogP contribution in [0.25, 0.3) is 0 Å². The third kappa shape index (κ3) is 7.27. The van der Waals surface area contributed by atoms with Gasteiger partial charge in [0.15, 0.2) is 11.8 Å². The minimum absolute atomic E-state index is 0.288. The molecular formula is C21H35N7O2S. The SMILES string of the molecule is CCOCCCNC(=NCc1nnc(C)n1C)NCC(c1cccs1)N1CCOCC1. The number of rotatable bonds is 11. The normalized spacial score (nSPS) is 16.4. The van der Waals surface area contributed by atoms with Crippen LogP contribution in [-0.4, -0.2) is 78.2 Å². The summed E-state index contributed by atoms with van der Waals surface area (Å²) in [5.41, 5.74) is 0. The van der Waals surface area contributed by atoms with Crippen molar-refractivity contribution in [1.82, 2.24) is 30.3 Å². The average molecular weight is 450 g/mol. The van der Waals surface area contributed by atoms with Crippen molar-refractivity contribution in [2.24, 2.45) is 12.0 Å². The van der Waals surface area contributed by atoms with Crippen LogP contribution < -0.4 is 10.6 Å². The molecule has 1 aliphatic heterocycles. The molecule has 3 rings (SSSR count). The summed E-state index contributed by atoms with van der Waals surface area (Å²) in [7, 11) is 1.97. The Bertz CT molecular complexity index is 788. The van der Waals surface area contributed by atoms with Crippen LogP contribution in [-0.2, 0) is 23.1 Å². The number of aryl methyl sites for hydroxylation is 1. The summed E-state index contributed by atoms with van der Waals surface area (Å²) in [6, 6.07) is 4.61. The minimum atomic E-state index is 0.288. The van der Waals surface area contributed by atoms with Gasteiger partial charge in [-0.3, -0.25) is 4.90 Å². The predicted octanol–water partition coefficient (Wildman–Crippen LogP) is 1.72. The van der Waals surface area contributed by atoms with E-state index in [1.807, 2.05) is 25.5 Å². The summed E-state index contributed by atoms with van der Waals surface area (Å²) in [5, 5.41) is 17.5. The Morgan fingerprint density at radius 3 is 2.84 bits per heavy atom. The second kappa shape index (κ2) is 12.7. The van der Waals surface area contributed by atoms with Crippen molar-refractivity contribution in [1.29, 1.82) is 0 Å². The number of hydrogen-bond acceptors (Lipinski definition) is 7. The van der Waals surface area contributed by atoms with Gasteiger partial charge in [-0.15, -0.1) is 21.5 Å². The van der Waals surface area contributed by atoms with E-state index >= 15 is 0 Å². The maximum atomic E-state index is 5.56. The van der Waals surface area contributed by atoms with Crippen LogP contribution in [0.3, 0.4) is 0 Å². The zero-order valence-electron chi connectivity index (χ0n) is 18.8. The highest BCUT2D eigenvalue weighted by atomic mass is 32.1. The lowest BCUT2D eigenvalue weighted by Gasteiger charge is -2.34. The van der Waals surface area contributed by atoms with Crippen molar-refractivity contribution in [3.63, 3.8) is 0 Å². The molecule has 1 unspecified atom stereocenters. The molecule has 1 saturated heterocycles. The van der Waals surface area contributed by atoms with E-state index in [9.17, 15) is 0 Å². The molecule has 9 nitrogen and oxygen atoms in total. The Labute approximate surface area is 188 Å². The van der Waals surface area contributed by atoms with Gasteiger partial charge in [-0.2, -0.15) is 0 Å². The molecule has 31 heavy (non-hydrogen) atoms. The van der Waals surface area contributed by atoms with Crippen LogP contribution in [0.1, 0.15) is 35.9 Å². The van der Waals surface area contributed by atoms with Gasteiger partial charge in [0.25, 0.3) is 0 Å². The average Bonchev–Trinajstić information content (AvgIpc) is 3.43. The van der Waals surface area contributed by atoms with E-state index in [-0.39, 0.29) is 6.04 Å². The Morgan fingerprint density at radius 2 is 2.16 bits per heavy atom. The largest absolute Gasteiger partial charge is 0.382 e. The molecule has 3 heterocycles. The fourth-order valence-electron chi connectivity index (χ4n) is 3.41. The first-order chi connectivity index (χ1) is 15.2. The van der Waals surface area contributed by atoms with Gasteiger partial charge in [-0.1, -0.05) is 6.07 Å². The van der Waals surface area contributed by atoms with Gasteiger partial charge in [0.2, 0.25) is 0 Å². The molecule has 2 N–H and O–H groups in total. The quantitative estimate of drug-likeness (QED) is 0.307. The molecule has 1 atom stereocenters. The predicted molar refractivity (Wildman–Crippen MR) is 123 cm³/mol. The second-order valence-electron chi connectivity index (χ2n) is 7.43. The Balaban J connectivity index is 1.64. The summed E-state index contributed by atoms with van der Waals surface area (Å²) in [6.07, 6.45) is 0.926. The lowest BCUT2D eigenvalue weighted by molar-refractivity contribution is 0.0177. The summed E-state index contributed by atoms with van der Waals surface area (Å²) in [5.74, 6) is 2.51. The van der Waals surface area contributed by atoms with E-state index in [1.54, 1.807) is 11.3 Å². The minimum Gasteiger partial charge on any atom is -0.382 e. The third-order valence-corrected chi connectivity index (χ3v) is 6.32. The maximum absolute atomic E-state index is 5.56. The highest BCUT2D eigenvalue weighted by molar-refractivity contribution is 7.10. The van der Waals surface area contributed by atoms with Gasteiger partial charge >= 0.3 is 0 Å². The van der Waals surface area contributed by atoms with Gasteiger partial charge in [-0.05, 0) is 31.7 Å². The molecule has 0 aromatic carbocycles. The molecule has 0 saturated carbocycles. The monoisotopic (exact) mass is 449 g/mol. The summed E-state index contributed by atoms with van der Waals surface area (Å²) in [6.45, 7) is 10.9. The summed E-state index contributed by atoms with van der Waals surface area (Å²) < 4.78 is 13.0. The Morgan fingerprint density at radius 1 is 1.32 bits per heavy atom. The summed E-state index contributed by atoms with van der Waals surface area (Å²) >= 11 is 1.80. The van der Waals surface area contributed by atoms with Crippen LogP contribution in [0.15, 0.2) is 22.5 Å². The molecule has 0 aliphatic carbocycles. The van der Waals surface area contributed by atoms with Gasteiger partial charge in [0.1, 0.15) is 12.4 Å². The number of hydrogen-bond donors (Lipinski definition) is 2. The van der Waals surface area contributed by atoms with Crippen molar-refractivity contribution in [3.05, 3.63) is 34.0 Å². The molecular weight excluding hydrogens is 414 g/mol. The lowest BCUT2D eigenvalue weighted by Crippen LogP contribution is -2.46. The topological polar surface area (TPSA) is 88.8 Å². The molecule has 0 amide bonds. The van der Waals surface area contributed by atoms with Crippen molar-refractivity contribution in [3.8, 4) is 0 Å². The van der Waals surface area contributed by atoms with Crippen LogP contribution >= 0.6 is 11.3 Å². The highest BCUT2D eigenvalue weighted by Gasteiger charge is 2.23. The van der Waals surface area contributed by atoms with E-state index in [0.29, 0.717) is 6.54 Å². The number of ether oxygens (including phenoxy) is 2. The molecule has 0 bridgehead atoms. The third-order valence-electron chi connectivity index (χ3n) is 5.34. The lowest BCUT2D eigenvalue weighted by atomic mass is 10.2. The van der Waals surface area contributed by atoms with E-state index in [4.69, 9.17) is 14.5 Å². The van der Waals surface area contributed by atoms with Crippen LogP contribution in [0.2, 0.25) is 0 Å². The van der Waals surface area contributed by atoms with Crippen LogP contribution in [0.4, 0.5) is 0 Å². The number of aliphatic imine (C=N–C) groups is 1. The second-order valence-corrected chi connectivity index (χ2v) is 8.40. The first kappa shape index (κ1) is 23.6. The van der Waals surface area contributed by atoms with Crippen molar-refractivity contribution >= 4 is 17.3 Å². The van der Waals surface area contributed by atoms with Gasteiger partial charge in [0.05, 0.1) is 19.3 Å². The number of morpholine rings is 1. The summed E-state index contributed by atoms with van der Waals surface area (Å²) in [4.78, 5) is 8.62. The fourth-order valence-corrected chi connectivity index (χ4v) is 4.27. The molecule has 10 heteroatoms. The van der Waals surface area contributed by atoms with Crippen LogP contribution in [0, 0.1) is 6.92 Å². The number of nitrogens with one attached hydrogen (secondary N) is 2. The maximum Gasteiger partial charge on any atom is 0.191 e. The van der Waals surface area contributed by atoms with Crippen molar-refractivity contribution < 1.29 is 9.47 Å². The van der Waals surface area contributed by atoms with E-state index < -0.39 is 0 Å². The van der Waals surface area contributed by atoms with Crippen molar-refractivity contribution in [2.75, 3.05) is 52.6 Å². The van der Waals surface area contributed by atoms with Gasteiger partial charge in [-0.25, -0.2) is 4.99 Å². The molecule has 2 aromatic rings. The number of nitrogens with zero attached hydrogens (tertiary/aromatic N) is 5. The van der Waals surface area contributed by atoms with Gasteiger partial charge in [0, 0.05) is 51.3 Å². The van der Waals surface area contributed by atoms with E-state index in [2.05, 4.69) is 43.2 Å².